The predicted octanol–water partition coefficient (Wildman–Crippen LogP) is 3.18. The number of likely N-dealkylation sites (N-methyl/N-ethyl adjacent to an activating group) is 1. The van der Waals surface area contributed by atoms with Crippen molar-refractivity contribution in [2.75, 3.05) is 33.8 Å². The second kappa shape index (κ2) is 11.2. The van der Waals surface area contributed by atoms with Gasteiger partial charge in [0, 0.05) is 31.2 Å². The maximum atomic E-state index is 11.8. The van der Waals surface area contributed by atoms with Crippen LogP contribution in [0.4, 0.5) is 0 Å². The van der Waals surface area contributed by atoms with Gasteiger partial charge in [-0.15, -0.1) is 0 Å². The third-order valence-corrected chi connectivity index (χ3v) is 4.29. The third kappa shape index (κ3) is 6.78. The smallest absolute Gasteiger partial charge is 0.251 e. The van der Waals surface area contributed by atoms with Gasteiger partial charge in [0.1, 0.15) is 12.4 Å². The number of hydrogen-bond acceptors (Lipinski definition) is 3. The number of guanidine groups is 1. The molecular weight excluding hydrogens is 376 g/mol. The van der Waals surface area contributed by atoms with Crippen LogP contribution >= 0.6 is 11.6 Å². The van der Waals surface area contributed by atoms with E-state index in [1.165, 1.54) is 0 Å². The summed E-state index contributed by atoms with van der Waals surface area (Å²) in [4.78, 5) is 18.5. The van der Waals surface area contributed by atoms with Crippen LogP contribution in [0.5, 0.6) is 5.75 Å². The van der Waals surface area contributed by atoms with Crippen LogP contribution in [0.3, 0.4) is 0 Å². The molecule has 0 atom stereocenters. The average molecular weight is 403 g/mol. The number of aliphatic imine (C=N–C) groups is 1. The summed E-state index contributed by atoms with van der Waals surface area (Å²) in [5.74, 6) is 1.47. The fourth-order valence-corrected chi connectivity index (χ4v) is 2.65. The minimum atomic E-state index is -0.103. The number of nitrogens with one attached hydrogen (secondary N) is 2. The molecule has 1 amide bonds. The van der Waals surface area contributed by atoms with Crippen molar-refractivity contribution < 1.29 is 9.53 Å². The van der Waals surface area contributed by atoms with Gasteiger partial charge >= 0.3 is 0 Å². The number of nitrogens with zero attached hydrogens (tertiary/aromatic N) is 2. The van der Waals surface area contributed by atoms with Crippen molar-refractivity contribution in [2.24, 2.45) is 4.99 Å². The van der Waals surface area contributed by atoms with E-state index in [1.54, 1.807) is 25.2 Å². The van der Waals surface area contributed by atoms with E-state index in [4.69, 9.17) is 16.3 Å². The summed E-state index contributed by atoms with van der Waals surface area (Å²) < 4.78 is 5.75. The number of benzene rings is 2. The maximum Gasteiger partial charge on any atom is 0.251 e. The molecule has 0 bridgehead atoms. The van der Waals surface area contributed by atoms with Crippen LogP contribution in [0.25, 0.3) is 0 Å². The van der Waals surface area contributed by atoms with Gasteiger partial charge in [-0.25, -0.2) is 4.99 Å². The Morgan fingerprint density at radius 3 is 2.64 bits per heavy atom. The highest BCUT2D eigenvalue weighted by molar-refractivity contribution is 6.30. The largest absolute Gasteiger partial charge is 0.492 e. The fraction of sp³-hybridized carbons (Fsp3) is 0.333. The van der Waals surface area contributed by atoms with E-state index < -0.39 is 0 Å². The predicted molar refractivity (Wildman–Crippen MR) is 114 cm³/mol. The highest BCUT2D eigenvalue weighted by atomic mass is 35.5. The van der Waals surface area contributed by atoms with Crippen LogP contribution in [0, 0.1) is 0 Å². The molecule has 0 aliphatic heterocycles. The van der Waals surface area contributed by atoms with Crippen molar-refractivity contribution in [3.8, 4) is 5.75 Å². The zero-order valence-corrected chi connectivity index (χ0v) is 17.3. The maximum absolute atomic E-state index is 11.8. The van der Waals surface area contributed by atoms with Gasteiger partial charge in [-0.2, -0.15) is 0 Å². The van der Waals surface area contributed by atoms with Gasteiger partial charge in [0.2, 0.25) is 0 Å². The lowest BCUT2D eigenvalue weighted by Gasteiger charge is -2.22. The first-order valence-electron chi connectivity index (χ1n) is 9.22. The number of halogens is 1. The molecule has 0 fully saturated rings. The number of amides is 1. The molecule has 2 rings (SSSR count). The monoisotopic (exact) mass is 402 g/mol. The molecule has 0 saturated heterocycles. The van der Waals surface area contributed by atoms with E-state index >= 15 is 0 Å². The van der Waals surface area contributed by atoms with Crippen LogP contribution in [-0.4, -0.2) is 50.6 Å². The average Bonchev–Trinajstić information content (AvgIpc) is 2.72. The van der Waals surface area contributed by atoms with Crippen molar-refractivity contribution in [2.45, 2.75) is 13.5 Å². The quantitative estimate of drug-likeness (QED) is 0.525. The second-order valence-corrected chi connectivity index (χ2v) is 6.61. The number of carbonyl (C=O) groups excluding carboxylic acids is 1. The van der Waals surface area contributed by atoms with Crippen molar-refractivity contribution in [3.05, 3.63) is 64.7 Å². The topological polar surface area (TPSA) is 66.0 Å². The molecule has 7 heteroatoms. The van der Waals surface area contributed by atoms with Crippen LogP contribution in [0.1, 0.15) is 22.8 Å². The molecule has 0 aromatic heterocycles. The number of hydrogen-bond donors (Lipinski definition) is 2. The van der Waals surface area contributed by atoms with Crippen molar-refractivity contribution in [3.63, 3.8) is 0 Å². The van der Waals surface area contributed by atoms with E-state index in [0.717, 1.165) is 23.8 Å². The Kier molecular flexibility index (Phi) is 8.62. The normalized spacial score (nSPS) is 11.1. The Labute approximate surface area is 171 Å². The number of rotatable bonds is 8. The molecule has 0 radical (unpaired) electrons. The highest BCUT2D eigenvalue weighted by Gasteiger charge is 2.07. The van der Waals surface area contributed by atoms with Gasteiger partial charge in [0.05, 0.1) is 13.1 Å². The summed E-state index contributed by atoms with van der Waals surface area (Å²) in [6.07, 6.45) is 0. The van der Waals surface area contributed by atoms with Gasteiger partial charge in [0.25, 0.3) is 5.91 Å². The van der Waals surface area contributed by atoms with Gasteiger partial charge < -0.3 is 20.3 Å². The van der Waals surface area contributed by atoms with Crippen LogP contribution in [0.2, 0.25) is 5.02 Å². The highest BCUT2D eigenvalue weighted by Crippen LogP contribution is 2.15. The summed E-state index contributed by atoms with van der Waals surface area (Å²) in [6, 6.07) is 14.8. The Bertz CT molecular complexity index is 793. The van der Waals surface area contributed by atoms with E-state index in [-0.39, 0.29) is 5.91 Å². The molecular formula is C21H27ClN4O2. The van der Waals surface area contributed by atoms with Gasteiger partial charge in [-0.3, -0.25) is 4.79 Å². The SMILES string of the molecule is CCNC(=NCc1cccc(C(=O)NC)c1)N(C)CCOc1ccc(Cl)cc1. The van der Waals surface area contributed by atoms with Gasteiger partial charge in [-0.05, 0) is 48.9 Å². The summed E-state index contributed by atoms with van der Waals surface area (Å²) in [6.45, 7) is 4.47. The molecule has 2 aromatic rings. The molecule has 0 unspecified atom stereocenters. The summed E-state index contributed by atoms with van der Waals surface area (Å²) in [7, 11) is 3.59. The number of ether oxygens (including phenoxy) is 1. The molecule has 0 aliphatic rings. The van der Waals surface area contributed by atoms with Gasteiger partial charge in [0.15, 0.2) is 5.96 Å². The van der Waals surface area contributed by atoms with Crippen LogP contribution in [0.15, 0.2) is 53.5 Å². The Balaban J connectivity index is 1.94. The van der Waals surface area contributed by atoms with Crippen molar-refractivity contribution >= 4 is 23.5 Å². The summed E-state index contributed by atoms with van der Waals surface area (Å²) in [5.41, 5.74) is 1.60. The van der Waals surface area contributed by atoms with E-state index in [0.29, 0.717) is 30.3 Å². The molecule has 28 heavy (non-hydrogen) atoms. The molecule has 150 valence electrons. The molecule has 2 aromatic carbocycles. The summed E-state index contributed by atoms with van der Waals surface area (Å²) >= 11 is 5.88. The molecule has 6 nitrogen and oxygen atoms in total. The Hall–Kier alpha value is -2.73. The lowest BCUT2D eigenvalue weighted by Crippen LogP contribution is -2.40. The number of carbonyl (C=O) groups is 1. The van der Waals surface area contributed by atoms with E-state index in [2.05, 4.69) is 15.6 Å². The standard InChI is InChI=1S/C21H27ClN4O2/c1-4-24-21(25-15-16-6-5-7-17(14-16)20(27)23-2)26(3)12-13-28-19-10-8-18(22)9-11-19/h5-11,14H,4,12-13,15H2,1-3H3,(H,23,27)(H,24,25). The first kappa shape index (κ1) is 21.6. The zero-order valence-electron chi connectivity index (χ0n) is 16.5. The fourth-order valence-electron chi connectivity index (χ4n) is 2.53. The first-order chi connectivity index (χ1) is 13.5. The minimum Gasteiger partial charge on any atom is -0.492 e. The van der Waals surface area contributed by atoms with Crippen LogP contribution in [-0.2, 0) is 6.54 Å². The first-order valence-corrected chi connectivity index (χ1v) is 9.60. The lowest BCUT2D eigenvalue weighted by atomic mass is 10.1. The Morgan fingerprint density at radius 1 is 1.21 bits per heavy atom. The summed E-state index contributed by atoms with van der Waals surface area (Å²) in [5, 5.41) is 6.60. The lowest BCUT2D eigenvalue weighted by molar-refractivity contribution is 0.0963. The minimum absolute atomic E-state index is 0.103. The van der Waals surface area contributed by atoms with Crippen molar-refractivity contribution in [1.82, 2.24) is 15.5 Å². The third-order valence-electron chi connectivity index (χ3n) is 4.03. The molecule has 0 aliphatic carbocycles. The van der Waals surface area contributed by atoms with E-state index in [1.807, 2.05) is 49.2 Å². The van der Waals surface area contributed by atoms with Gasteiger partial charge in [-0.1, -0.05) is 23.7 Å². The molecule has 0 spiro atoms. The van der Waals surface area contributed by atoms with Crippen molar-refractivity contribution in [1.29, 1.82) is 0 Å². The Morgan fingerprint density at radius 2 is 1.96 bits per heavy atom. The molecule has 0 heterocycles. The molecule has 0 saturated carbocycles. The molecule has 2 N–H and O–H groups in total. The second-order valence-electron chi connectivity index (χ2n) is 6.17. The van der Waals surface area contributed by atoms with E-state index in [9.17, 15) is 4.79 Å². The van der Waals surface area contributed by atoms with Crippen LogP contribution < -0.4 is 15.4 Å². The zero-order chi connectivity index (χ0) is 20.4.